The van der Waals surface area contributed by atoms with E-state index < -0.39 is 23.2 Å². The zero-order chi connectivity index (χ0) is 15.3. The third kappa shape index (κ3) is 1.67. The molecule has 6 nitrogen and oxygen atoms in total. The Morgan fingerprint density at radius 3 is 2.55 bits per heavy atom. The minimum Gasteiger partial charge on any atom is -0.377 e. The van der Waals surface area contributed by atoms with Gasteiger partial charge in [-0.1, -0.05) is 17.2 Å². The molecule has 0 unspecified atom stereocenters. The first-order valence-electron chi connectivity index (χ1n) is 7.45. The van der Waals surface area contributed by atoms with Gasteiger partial charge in [-0.25, -0.2) is 4.79 Å². The average molecular weight is 301 g/mol. The molecular formula is C16H15NO5. The molecule has 2 heterocycles. The van der Waals surface area contributed by atoms with Gasteiger partial charge in [0.05, 0.1) is 22.6 Å². The minimum absolute atomic E-state index is 0.157. The van der Waals surface area contributed by atoms with E-state index >= 15 is 0 Å². The van der Waals surface area contributed by atoms with Crippen LogP contribution >= 0.6 is 0 Å². The lowest BCUT2D eigenvalue weighted by molar-refractivity contribution is -0.183. The number of hydrogen-bond donors (Lipinski definition) is 0. The predicted molar refractivity (Wildman–Crippen MR) is 73.7 cm³/mol. The maximum Gasteiger partial charge on any atom is 0.342 e. The maximum atomic E-state index is 12.6. The Hall–Kier alpha value is -2.21. The van der Waals surface area contributed by atoms with E-state index in [1.165, 1.54) is 0 Å². The second-order valence-electron chi connectivity index (χ2n) is 5.99. The van der Waals surface area contributed by atoms with Gasteiger partial charge in [-0.15, -0.1) is 0 Å². The van der Waals surface area contributed by atoms with Gasteiger partial charge >= 0.3 is 5.97 Å². The number of ether oxygens (including phenoxy) is 1. The Bertz CT molecular complexity index is 638. The fourth-order valence-electron chi connectivity index (χ4n) is 3.71. The quantitative estimate of drug-likeness (QED) is 0.777. The lowest BCUT2D eigenvalue weighted by atomic mass is 9.83. The standard InChI is InChI=1S/C16H15NO5/c18-13-10-4-1-2-5-11(10)14(19)17(13)22-15(20)16-7-3-6-12(16)21-9-8-16/h1-2,4-5,12H,3,6-9H2/t12-,16+/m1/s1. The van der Waals surface area contributed by atoms with Gasteiger partial charge in [-0.2, -0.15) is 0 Å². The number of hydroxylamine groups is 2. The van der Waals surface area contributed by atoms with Crippen LogP contribution in [0.2, 0.25) is 0 Å². The van der Waals surface area contributed by atoms with Gasteiger partial charge < -0.3 is 9.57 Å². The predicted octanol–water partition coefficient (Wildman–Crippen LogP) is 1.70. The van der Waals surface area contributed by atoms with Crippen molar-refractivity contribution in [1.82, 2.24) is 5.06 Å². The van der Waals surface area contributed by atoms with Crippen LogP contribution < -0.4 is 0 Å². The molecule has 22 heavy (non-hydrogen) atoms. The second kappa shape index (κ2) is 4.64. The number of fused-ring (bicyclic) bond motifs is 2. The molecule has 1 aromatic carbocycles. The van der Waals surface area contributed by atoms with Crippen LogP contribution in [0.1, 0.15) is 46.4 Å². The number of imide groups is 1. The SMILES string of the molecule is O=C1c2ccccc2C(=O)N1OC(=O)[C@]12CCC[C@H]1OCC2. The summed E-state index contributed by atoms with van der Waals surface area (Å²) in [7, 11) is 0. The zero-order valence-electron chi connectivity index (χ0n) is 11.9. The van der Waals surface area contributed by atoms with E-state index in [0.29, 0.717) is 24.5 Å². The largest absolute Gasteiger partial charge is 0.377 e. The highest BCUT2D eigenvalue weighted by Gasteiger charge is 2.56. The van der Waals surface area contributed by atoms with Crippen molar-refractivity contribution in [2.45, 2.75) is 31.8 Å². The molecule has 2 aliphatic heterocycles. The summed E-state index contributed by atoms with van der Waals surface area (Å²) in [5.41, 5.74) is -0.165. The minimum atomic E-state index is -0.699. The van der Waals surface area contributed by atoms with Crippen LogP contribution in [-0.4, -0.2) is 35.6 Å². The summed E-state index contributed by atoms with van der Waals surface area (Å²) in [6.07, 6.45) is 2.81. The van der Waals surface area contributed by atoms with Crippen molar-refractivity contribution in [1.29, 1.82) is 0 Å². The van der Waals surface area contributed by atoms with Crippen LogP contribution in [0.25, 0.3) is 0 Å². The van der Waals surface area contributed by atoms with Gasteiger partial charge in [0.2, 0.25) is 0 Å². The van der Waals surface area contributed by atoms with Crippen LogP contribution in [0.3, 0.4) is 0 Å². The van der Waals surface area contributed by atoms with E-state index in [0.717, 1.165) is 12.8 Å². The Balaban J connectivity index is 1.59. The number of benzene rings is 1. The summed E-state index contributed by atoms with van der Waals surface area (Å²) in [5, 5.41) is 0.593. The molecule has 6 heteroatoms. The van der Waals surface area contributed by atoms with E-state index in [1.807, 2.05) is 0 Å². The third-order valence-electron chi connectivity index (χ3n) is 4.91. The summed E-state index contributed by atoms with van der Waals surface area (Å²) in [5.74, 6) is -1.69. The van der Waals surface area contributed by atoms with Gasteiger partial charge in [-0.3, -0.25) is 9.59 Å². The molecule has 1 aliphatic carbocycles. The molecule has 2 fully saturated rings. The van der Waals surface area contributed by atoms with Crippen LogP contribution in [0.4, 0.5) is 0 Å². The molecule has 4 rings (SSSR count). The van der Waals surface area contributed by atoms with E-state index in [1.54, 1.807) is 24.3 Å². The summed E-state index contributed by atoms with van der Waals surface area (Å²) < 4.78 is 5.59. The Morgan fingerprint density at radius 1 is 1.18 bits per heavy atom. The fourth-order valence-corrected chi connectivity index (χ4v) is 3.71. The Morgan fingerprint density at radius 2 is 1.86 bits per heavy atom. The number of carbonyl (C=O) groups excluding carboxylic acids is 3. The van der Waals surface area contributed by atoms with Gasteiger partial charge in [-0.05, 0) is 37.8 Å². The lowest BCUT2D eigenvalue weighted by Crippen LogP contribution is -2.42. The Labute approximate surface area is 126 Å². The van der Waals surface area contributed by atoms with E-state index in [4.69, 9.17) is 9.57 Å². The monoisotopic (exact) mass is 301 g/mol. The van der Waals surface area contributed by atoms with Crippen LogP contribution in [0.5, 0.6) is 0 Å². The third-order valence-corrected chi connectivity index (χ3v) is 4.91. The summed E-state index contributed by atoms with van der Waals surface area (Å²) in [6.45, 7) is 0.516. The lowest BCUT2D eigenvalue weighted by Gasteiger charge is -2.26. The highest BCUT2D eigenvalue weighted by atomic mass is 16.7. The first-order chi connectivity index (χ1) is 10.6. The molecule has 1 saturated carbocycles. The zero-order valence-corrected chi connectivity index (χ0v) is 11.9. The molecule has 1 saturated heterocycles. The summed E-state index contributed by atoms with van der Waals surface area (Å²) >= 11 is 0. The highest BCUT2D eigenvalue weighted by molar-refractivity contribution is 6.20. The van der Waals surface area contributed by atoms with Gasteiger partial charge in [0, 0.05) is 6.61 Å². The van der Waals surface area contributed by atoms with Crippen LogP contribution in [0, 0.1) is 5.41 Å². The average Bonchev–Trinajstić information content (AvgIpc) is 3.16. The smallest absolute Gasteiger partial charge is 0.342 e. The summed E-state index contributed by atoms with van der Waals surface area (Å²) in [4.78, 5) is 42.3. The van der Waals surface area contributed by atoms with E-state index in [-0.39, 0.29) is 17.2 Å². The van der Waals surface area contributed by atoms with Crippen molar-refractivity contribution in [2.75, 3.05) is 6.61 Å². The van der Waals surface area contributed by atoms with Crippen molar-refractivity contribution in [3.8, 4) is 0 Å². The first-order valence-corrected chi connectivity index (χ1v) is 7.45. The number of rotatable bonds is 2. The van der Waals surface area contributed by atoms with Gasteiger partial charge in [0.15, 0.2) is 0 Å². The van der Waals surface area contributed by atoms with Gasteiger partial charge in [0.25, 0.3) is 11.8 Å². The number of amides is 2. The van der Waals surface area contributed by atoms with Crippen molar-refractivity contribution < 1.29 is 24.0 Å². The molecule has 0 spiro atoms. The fraction of sp³-hybridized carbons (Fsp3) is 0.438. The second-order valence-corrected chi connectivity index (χ2v) is 5.99. The first kappa shape index (κ1) is 13.5. The normalized spacial score (nSPS) is 29.6. The van der Waals surface area contributed by atoms with Crippen molar-refractivity contribution >= 4 is 17.8 Å². The Kier molecular flexibility index (Phi) is 2.84. The molecule has 0 N–H and O–H groups in total. The number of carbonyl (C=O) groups is 3. The van der Waals surface area contributed by atoms with Gasteiger partial charge in [0.1, 0.15) is 0 Å². The van der Waals surface area contributed by atoms with Crippen LogP contribution in [0.15, 0.2) is 24.3 Å². The van der Waals surface area contributed by atoms with E-state index in [9.17, 15) is 14.4 Å². The van der Waals surface area contributed by atoms with Crippen molar-refractivity contribution in [2.24, 2.45) is 5.41 Å². The number of hydrogen-bond acceptors (Lipinski definition) is 5. The van der Waals surface area contributed by atoms with Crippen molar-refractivity contribution in [3.63, 3.8) is 0 Å². The number of nitrogens with zero attached hydrogens (tertiary/aromatic N) is 1. The molecule has 0 radical (unpaired) electrons. The molecular weight excluding hydrogens is 286 g/mol. The summed E-state index contributed by atoms with van der Waals surface area (Å²) in [6, 6.07) is 6.45. The molecule has 0 aromatic heterocycles. The molecule has 2 atom stereocenters. The maximum absolute atomic E-state index is 12.6. The molecule has 2 amide bonds. The van der Waals surface area contributed by atoms with Crippen molar-refractivity contribution in [3.05, 3.63) is 35.4 Å². The van der Waals surface area contributed by atoms with E-state index in [2.05, 4.69) is 0 Å². The highest BCUT2D eigenvalue weighted by Crippen LogP contribution is 2.48. The van der Waals surface area contributed by atoms with Crippen LogP contribution in [-0.2, 0) is 14.4 Å². The molecule has 0 bridgehead atoms. The molecule has 114 valence electrons. The molecule has 3 aliphatic rings. The topological polar surface area (TPSA) is 72.9 Å². The molecule has 1 aromatic rings.